The number of hydrogen-bond acceptors (Lipinski definition) is 1. The molecule has 0 saturated heterocycles. The van der Waals surface area contributed by atoms with E-state index in [0.717, 1.165) is 11.4 Å². The first-order valence-electron chi connectivity index (χ1n) is 13.2. The topological polar surface area (TPSA) is 12.4 Å². The first-order chi connectivity index (χ1) is 15.5. The van der Waals surface area contributed by atoms with Gasteiger partial charge in [-0.2, -0.15) is 0 Å². The molecule has 0 saturated carbocycles. The maximum Gasteiger partial charge on any atom is 0.0658 e. The van der Waals surface area contributed by atoms with E-state index in [4.69, 9.17) is 4.99 Å². The van der Waals surface area contributed by atoms with Crippen LogP contribution in [0.15, 0.2) is 53.5 Å². The molecule has 0 N–H and O–H groups in total. The standard InChI is InChI=1S/C30H45N.C2H6/c1-11-23(5)30(10,29(9,12-2)13-3)26-20-16-15-19-25(26)28(7,8)24(6)31-27-21-17-14-18-22(27)4;1-2/h14-21,23H,11-13H2,1-10H3;1-2H3. The fraction of sp³-hybridized carbons (Fsp3) is 0.594. The molecule has 184 valence electrons. The Morgan fingerprint density at radius 3 is 1.79 bits per heavy atom. The van der Waals surface area contributed by atoms with E-state index in [1.165, 1.54) is 36.0 Å². The second-order valence-electron chi connectivity index (χ2n) is 10.4. The molecule has 0 amide bonds. The molecule has 2 unspecified atom stereocenters. The highest BCUT2D eigenvalue weighted by atomic mass is 14.8. The van der Waals surface area contributed by atoms with Crippen LogP contribution < -0.4 is 0 Å². The Bertz CT molecular complexity index is 900. The summed E-state index contributed by atoms with van der Waals surface area (Å²) in [6.07, 6.45) is 3.53. The Balaban J connectivity index is 0.00000265. The lowest BCUT2D eigenvalue weighted by atomic mass is 9.52. The SMILES string of the molecule is CC.CCC(C)C(C)(c1ccccc1C(C)(C)C(C)=Nc1ccccc1C)C(C)(CC)CC. The van der Waals surface area contributed by atoms with E-state index < -0.39 is 0 Å². The van der Waals surface area contributed by atoms with Gasteiger partial charge in [0.1, 0.15) is 0 Å². The van der Waals surface area contributed by atoms with E-state index in [-0.39, 0.29) is 16.2 Å². The van der Waals surface area contributed by atoms with Crippen molar-refractivity contribution in [1.29, 1.82) is 0 Å². The van der Waals surface area contributed by atoms with Gasteiger partial charge < -0.3 is 0 Å². The summed E-state index contributed by atoms with van der Waals surface area (Å²) in [4.78, 5) is 5.11. The second kappa shape index (κ2) is 12.0. The van der Waals surface area contributed by atoms with E-state index >= 15 is 0 Å². The van der Waals surface area contributed by atoms with Gasteiger partial charge in [-0.15, -0.1) is 0 Å². The summed E-state index contributed by atoms with van der Waals surface area (Å²) < 4.78 is 0. The summed E-state index contributed by atoms with van der Waals surface area (Å²) >= 11 is 0. The van der Waals surface area contributed by atoms with Gasteiger partial charge in [-0.25, -0.2) is 0 Å². The van der Waals surface area contributed by atoms with Crippen LogP contribution in [-0.4, -0.2) is 5.71 Å². The van der Waals surface area contributed by atoms with Crippen molar-refractivity contribution in [3.63, 3.8) is 0 Å². The average Bonchev–Trinajstić information content (AvgIpc) is 2.84. The molecule has 0 aliphatic carbocycles. The largest absolute Gasteiger partial charge is 0.257 e. The van der Waals surface area contributed by atoms with Crippen molar-refractivity contribution in [2.24, 2.45) is 16.3 Å². The van der Waals surface area contributed by atoms with E-state index in [1.54, 1.807) is 0 Å². The van der Waals surface area contributed by atoms with Gasteiger partial charge in [0.25, 0.3) is 0 Å². The van der Waals surface area contributed by atoms with E-state index in [0.29, 0.717) is 5.92 Å². The molecule has 0 aromatic heterocycles. The fourth-order valence-corrected chi connectivity index (χ4v) is 5.26. The highest BCUT2D eigenvalue weighted by molar-refractivity contribution is 5.94. The van der Waals surface area contributed by atoms with Crippen LogP contribution in [0.3, 0.4) is 0 Å². The predicted molar refractivity (Wildman–Crippen MR) is 150 cm³/mol. The number of aliphatic imine (C=N–C) groups is 1. The molecule has 0 fully saturated rings. The summed E-state index contributed by atoms with van der Waals surface area (Å²) in [7, 11) is 0. The molecule has 1 heteroatoms. The Morgan fingerprint density at radius 1 is 0.818 bits per heavy atom. The number of para-hydroxylation sites is 1. The highest BCUT2D eigenvalue weighted by Gasteiger charge is 2.48. The zero-order valence-corrected chi connectivity index (χ0v) is 23.8. The lowest BCUT2D eigenvalue weighted by Crippen LogP contribution is -2.47. The monoisotopic (exact) mass is 449 g/mol. The highest BCUT2D eigenvalue weighted by Crippen LogP contribution is 2.54. The van der Waals surface area contributed by atoms with Gasteiger partial charge in [-0.1, -0.05) is 118 Å². The lowest BCUT2D eigenvalue weighted by molar-refractivity contribution is 0.0796. The molecule has 2 aromatic carbocycles. The summed E-state index contributed by atoms with van der Waals surface area (Å²) in [6, 6.07) is 17.6. The Hall–Kier alpha value is -1.89. The van der Waals surface area contributed by atoms with Crippen molar-refractivity contribution >= 4 is 11.4 Å². The van der Waals surface area contributed by atoms with Crippen molar-refractivity contribution in [1.82, 2.24) is 0 Å². The van der Waals surface area contributed by atoms with Gasteiger partial charge >= 0.3 is 0 Å². The molecular weight excluding hydrogens is 398 g/mol. The van der Waals surface area contributed by atoms with Crippen LogP contribution in [0.1, 0.15) is 112 Å². The van der Waals surface area contributed by atoms with Crippen LogP contribution >= 0.6 is 0 Å². The Morgan fingerprint density at radius 2 is 1.30 bits per heavy atom. The zero-order valence-electron chi connectivity index (χ0n) is 23.8. The molecule has 33 heavy (non-hydrogen) atoms. The minimum atomic E-state index is -0.157. The normalized spacial score (nSPS) is 15.3. The van der Waals surface area contributed by atoms with Gasteiger partial charge in [0.15, 0.2) is 0 Å². The van der Waals surface area contributed by atoms with Crippen molar-refractivity contribution in [3.05, 3.63) is 65.2 Å². The van der Waals surface area contributed by atoms with Gasteiger partial charge in [0, 0.05) is 16.5 Å². The van der Waals surface area contributed by atoms with Crippen molar-refractivity contribution in [2.45, 2.75) is 113 Å². The first kappa shape index (κ1) is 29.1. The predicted octanol–water partition coefficient (Wildman–Crippen LogP) is 10.2. The molecule has 0 spiro atoms. The maximum absolute atomic E-state index is 5.11. The van der Waals surface area contributed by atoms with Crippen LogP contribution in [0.2, 0.25) is 0 Å². The number of aryl methyl sites for hydroxylation is 1. The van der Waals surface area contributed by atoms with E-state index in [9.17, 15) is 0 Å². The van der Waals surface area contributed by atoms with Crippen LogP contribution in [0.25, 0.3) is 0 Å². The van der Waals surface area contributed by atoms with Crippen LogP contribution in [0, 0.1) is 18.3 Å². The third-order valence-corrected chi connectivity index (χ3v) is 8.88. The molecule has 2 atom stereocenters. The molecule has 1 nitrogen and oxygen atoms in total. The number of hydrogen-bond donors (Lipinski definition) is 0. The Labute approximate surface area is 206 Å². The molecule has 0 bridgehead atoms. The van der Waals surface area contributed by atoms with Crippen molar-refractivity contribution < 1.29 is 0 Å². The summed E-state index contributed by atoms with van der Waals surface area (Å²) in [5, 5.41) is 0. The summed E-state index contributed by atoms with van der Waals surface area (Å²) in [5.74, 6) is 0.586. The summed E-state index contributed by atoms with van der Waals surface area (Å²) in [5.41, 5.74) is 6.53. The smallest absolute Gasteiger partial charge is 0.0658 e. The van der Waals surface area contributed by atoms with Gasteiger partial charge in [0.2, 0.25) is 0 Å². The van der Waals surface area contributed by atoms with Gasteiger partial charge in [-0.05, 0) is 60.8 Å². The number of benzene rings is 2. The van der Waals surface area contributed by atoms with E-state index in [1.807, 2.05) is 13.8 Å². The third-order valence-electron chi connectivity index (χ3n) is 8.88. The number of nitrogens with zero attached hydrogens (tertiary/aromatic N) is 1. The fourth-order valence-electron chi connectivity index (χ4n) is 5.26. The molecule has 0 heterocycles. The molecule has 2 rings (SSSR count). The minimum Gasteiger partial charge on any atom is -0.257 e. The molecule has 0 radical (unpaired) electrons. The molecule has 0 aliphatic heterocycles. The second-order valence-corrected chi connectivity index (χ2v) is 10.4. The zero-order chi connectivity index (χ0) is 25.4. The Kier molecular flexibility index (Phi) is 10.6. The van der Waals surface area contributed by atoms with E-state index in [2.05, 4.69) is 118 Å². The summed E-state index contributed by atoms with van der Waals surface area (Å²) in [6.45, 7) is 27.6. The number of rotatable bonds is 9. The maximum atomic E-state index is 5.11. The van der Waals surface area contributed by atoms with Crippen molar-refractivity contribution in [3.8, 4) is 0 Å². The quantitative estimate of drug-likeness (QED) is 0.338. The third kappa shape index (κ3) is 5.61. The average molecular weight is 450 g/mol. The lowest BCUT2D eigenvalue weighted by Gasteiger charge is -2.52. The van der Waals surface area contributed by atoms with Crippen LogP contribution in [0.4, 0.5) is 5.69 Å². The van der Waals surface area contributed by atoms with Gasteiger partial charge in [0.05, 0.1) is 5.69 Å². The van der Waals surface area contributed by atoms with Gasteiger partial charge in [-0.3, -0.25) is 4.99 Å². The molecular formula is C32H51N. The molecule has 0 aliphatic rings. The van der Waals surface area contributed by atoms with Crippen molar-refractivity contribution in [2.75, 3.05) is 0 Å². The molecule has 2 aromatic rings. The van der Waals surface area contributed by atoms with Crippen LogP contribution in [0.5, 0.6) is 0 Å². The first-order valence-corrected chi connectivity index (χ1v) is 13.2. The minimum absolute atomic E-state index is 0.0854. The van der Waals surface area contributed by atoms with Crippen LogP contribution in [-0.2, 0) is 10.8 Å².